The molecule has 0 fully saturated rings. The molecule has 3 aromatic rings. The summed E-state index contributed by atoms with van der Waals surface area (Å²) in [6.07, 6.45) is 2.98. The number of nitrogens with one attached hydrogen (secondary N) is 1. The van der Waals surface area contributed by atoms with Gasteiger partial charge in [0.1, 0.15) is 5.75 Å². The summed E-state index contributed by atoms with van der Waals surface area (Å²) >= 11 is 0. The van der Waals surface area contributed by atoms with Crippen molar-refractivity contribution in [2.45, 2.75) is 13.8 Å². The molecule has 0 aliphatic heterocycles. The van der Waals surface area contributed by atoms with E-state index in [2.05, 4.69) is 4.98 Å². The molecule has 0 radical (unpaired) electrons. The summed E-state index contributed by atoms with van der Waals surface area (Å²) in [6, 6.07) is 14.6. The normalized spacial score (nSPS) is 11.1. The van der Waals surface area contributed by atoms with Crippen LogP contribution in [-0.4, -0.2) is 17.4 Å². The van der Waals surface area contributed by atoms with Gasteiger partial charge in [0.15, 0.2) is 5.78 Å². The first-order valence-electron chi connectivity index (χ1n) is 8.16. The van der Waals surface area contributed by atoms with Crippen molar-refractivity contribution in [2.75, 3.05) is 6.61 Å². The van der Waals surface area contributed by atoms with Crippen LogP contribution >= 0.6 is 0 Å². The van der Waals surface area contributed by atoms with Crippen LogP contribution in [0.4, 0.5) is 0 Å². The molecule has 3 rings (SSSR count). The first-order chi connectivity index (χ1) is 12.1. The van der Waals surface area contributed by atoms with Gasteiger partial charge in [0.2, 0.25) is 0 Å². The van der Waals surface area contributed by atoms with Gasteiger partial charge in [0, 0.05) is 17.2 Å². The molecular formula is C21H19NO3. The number of aryl methyl sites for hydroxylation is 1. The minimum atomic E-state index is -0.242. The van der Waals surface area contributed by atoms with E-state index in [1.165, 1.54) is 6.08 Å². The van der Waals surface area contributed by atoms with Gasteiger partial charge in [0.05, 0.1) is 12.1 Å². The SMILES string of the molecule is CCOc1ccc2cc(/C=C/C(=O)c3ccc(C)cc3)c(=O)[nH]c2c1. The molecule has 2 aromatic carbocycles. The fourth-order valence-corrected chi connectivity index (χ4v) is 2.56. The number of allylic oxidation sites excluding steroid dienone is 1. The van der Waals surface area contributed by atoms with Gasteiger partial charge in [0.25, 0.3) is 5.56 Å². The Kier molecular flexibility index (Phi) is 4.80. The zero-order valence-corrected chi connectivity index (χ0v) is 14.2. The average molecular weight is 333 g/mol. The van der Waals surface area contributed by atoms with Gasteiger partial charge in [-0.2, -0.15) is 0 Å². The zero-order valence-electron chi connectivity index (χ0n) is 14.2. The molecule has 0 saturated carbocycles. The van der Waals surface area contributed by atoms with E-state index in [0.717, 1.165) is 10.9 Å². The number of aromatic nitrogens is 1. The highest BCUT2D eigenvalue weighted by atomic mass is 16.5. The van der Waals surface area contributed by atoms with Crippen LogP contribution in [-0.2, 0) is 0 Å². The maximum atomic E-state index is 12.2. The van der Waals surface area contributed by atoms with Crippen LogP contribution in [0.25, 0.3) is 17.0 Å². The summed E-state index contributed by atoms with van der Waals surface area (Å²) in [5.41, 5.74) is 2.60. The monoisotopic (exact) mass is 333 g/mol. The highest BCUT2D eigenvalue weighted by molar-refractivity contribution is 6.06. The lowest BCUT2D eigenvalue weighted by molar-refractivity contribution is 0.104. The molecule has 25 heavy (non-hydrogen) atoms. The molecule has 126 valence electrons. The van der Waals surface area contributed by atoms with E-state index in [4.69, 9.17) is 4.74 Å². The fourth-order valence-electron chi connectivity index (χ4n) is 2.56. The van der Waals surface area contributed by atoms with E-state index in [0.29, 0.717) is 29.0 Å². The molecule has 4 heteroatoms. The Labute approximate surface area is 145 Å². The van der Waals surface area contributed by atoms with Crippen LogP contribution in [0.15, 0.2) is 59.4 Å². The van der Waals surface area contributed by atoms with E-state index >= 15 is 0 Å². The number of hydrogen-bond donors (Lipinski definition) is 1. The molecule has 4 nitrogen and oxygen atoms in total. The molecule has 0 amide bonds. The van der Waals surface area contributed by atoms with Gasteiger partial charge in [-0.15, -0.1) is 0 Å². The van der Waals surface area contributed by atoms with Gasteiger partial charge in [-0.05, 0) is 49.6 Å². The topological polar surface area (TPSA) is 59.2 Å². The van der Waals surface area contributed by atoms with Crippen LogP contribution < -0.4 is 10.3 Å². The summed E-state index contributed by atoms with van der Waals surface area (Å²) < 4.78 is 5.44. The van der Waals surface area contributed by atoms with Crippen LogP contribution in [0, 0.1) is 6.92 Å². The second kappa shape index (κ2) is 7.18. The van der Waals surface area contributed by atoms with Crippen LogP contribution in [0.3, 0.4) is 0 Å². The van der Waals surface area contributed by atoms with Crippen molar-refractivity contribution in [3.8, 4) is 5.75 Å². The minimum absolute atomic E-state index is 0.133. The van der Waals surface area contributed by atoms with Gasteiger partial charge in [-0.25, -0.2) is 0 Å². The lowest BCUT2D eigenvalue weighted by atomic mass is 10.1. The van der Waals surface area contributed by atoms with Crippen molar-refractivity contribution in [1.29, 1.82) is 0 Å². The first kappa shape index (κ1) is 16.7. The van der Waals surface area contributed by atoms with E-state index in [9.17, 15) is 9.59 Å². The van der Waals surface area contributed by atoms with Gasteiger partial charge < -0.3 is 9.72 Å². The highest BCUT2D eigenvalue weighted by Crippen LogP contribution is 2.19. The van der Waals surface area contributed by atoms with E-state index < -0.39 is 0 Å². The molecule has 0 unspecified atom stereocenters. The first-order valence-corrected chi connectivity index (χ1v) is 8.16. The number of rotatable bonds is 5. The van der Waals surface area contributed by atoms with Crippen molar-refractivity contribution < 1.29 is 9.53 Å². The standard InChI is InChI=1S/C21H19NO3/c1-3-25-18-10-8-16-12-17(21(24)22-19(16)13-18)9-11-20(23)15-6-4-14(2)5-7-15/h4-13H,3H2,1-2H3,(H,22,24)/b11-9+. The predicted octanol–water partition coefficient (Wildman–Crippen LogP) is 4.13. The molecule has 1 heterocycles. The number of hydrogen-bond acceptors (Lipinski definition) is 3. The van der Waals surface area contributed by atoms with E-state index in [-0.39, 0.29) is 11.3 Å². The fraction of sp³-hybridized carbons (Fsp3) is 0.143. The number of benzene rings is 2. The minimum Gasteiger partial charge on any atom is -0.494 e. The molecule has 0 aliphatic rings. The van der Waals surface area contributed by atoms with Gasteiger partial charge in [-0.1, -0.05) is 29.8 Å². The third-order valence-corrected chi connectivity index (χ3v) is 3.91. The number of ether oxygens (including phenoxy) is 1. The van der Waals surface area contributed by atoms with Gasteiger partial charge in [-0.3, -0.25) is 9.59 Å². The summed E-state index contributed by atoms with van der Waals surface area (Å²) in [5.74, 6) is 0.578. The van der Waals surface area contributed by atoms with Crippen LogP contribution in [0.2, 0.25) is 0 Å². The lowest BCUT2D eigenvalue weighted by Crippen LogP contribution is -2.09. The lowest BCUT2D eigenvalue weighted by Gasteiger charge is -2.05. The summed E-state index contributed by atoms with van der Waals surface area (Å²) in [7, 11) is 0. The second-order valence-electron chi connectivity index (χ2n) is 5.80. The number of ketones is 1. The van der Waals surface area contributed by atoms with Crippen molar-refractivity contribution >= 4 is 22.8 Å². The number of fused-ring (bicyclic) bond motifs is 1. The number of H-pyrrole nitrogens is 1. The van der Waals surface area contributed by atoms with E-state index in [1.807, 2.05) is 38.1 Å². The quantitative estimate of drug-likeness (QED) is 0.564. The number of carbonyl (C=O) groups excluding carboxylic acids is 1. The summed E-state index contributed by atoms with van der Waals surface area (Å²) in [5, 5.41) is 0.880. The molecule has 0 spiro atoms. The predicted molar refractivity (Wildman–Crippen MR) is 100 cm³/mol. The third-order valence-electron chi connectivity index (χ3n) is 3.91. The Balaban J connectivity index is 1.89. The second-order valence-corrected chi connectivity index (χ2v) is 5.80. The molecule has 0 atom stereocenters. The zero-order chi connectivity index (χ0) is 17.8. The highest BCUT2D eigenvalue weighted by Gasteiger charge is 2.04. The molecule has 0 aliphatic carbocycles. The Hall–Kier alpha value is -3.14. The Bertz CT molecular complexity index is 998. The maximum Gasteiger partial charge on any atom is 0.255 e. The Morgan fingerprint density at radius 2 is 1.88 bits per heavy atom. The largest absolute Gasteiger partial charge is 0.494 e. The molecule has 0 saturated heterocycles. The molecule has 1 N–H and O–H groups in total. The third kappa shape index (κ3) is 3.86. The average Bonchev–Trinajstić information content (AvgIpc) is 2.60. The summed E-state index contributed by atoms with van der Waals surface area (Å²) in [6.45, 7) is 4.44. The van der Waals surface area contributed by atoms with Gasteiger partial charge >= 0.3 is 0 Å². The number of aromatic amines is 1. The van der Waals surface area contributed by atoms with Crippen molar-refractivity contribution in [3.05, 3.63) is 81.7 Å². The number of carbonyl (C=O) groups is 1. The Morgan fingerprint density at radius 3 is 2.60 bits per heavy atom. The molecule has 1 aromatic heterocycles. The maximum absolute atomic E-state index is 12.2. The van der Waals surface area contributed by atoms with Crippen molar-refractivity contribution in [1.82, 2.24) is 4.98 Å². The Morgan fingerprint density at radius 1 is 1.12 bits per heavy atom. The van der Waals surface area contributed by atoms with Crippen molar-refractivity contribution in [3.63, 3.8) is 0 Å². The molecular weight excluding hydrogens is 314 g/mol. The van der Waals surface area contributed by atoms with Crippen LogP contribution in [0.5, 0.6) is 5.75 Å². The number of pyridine rings is 1. The smallest absolute Gasteiger partial charge is 0.255 e. The van der Waals surface area contributed by atoms with Crippen molar-refractivity contribution in [2.24, 2.45) is 0 Å². The van der Waals surface area contributed by atoms with E-state index in [1.54, 1.807) is 30.3 Å². The van der Waals surface area contributed by atoms with Crippen LogP contribution in [0.1, 0.15) is 28.4 Å². The molecule has 0 bridgehead atoms. The summed E-state index contributed by atoms with van der Waals surface area (Å²) in [4.78, 5) is 27.3.